The van der Waals surface area contributed by atoms with Gasteiger partial charge in [-0.2, -0.15) is 0 Å². The Morgan fingerprint density at radius 2 is 2.11 bits per heavy atom. The average Bonchev–Trinajstić information content (AvgIpc) is 2.24. The van der Waals surface area contributed by atoms with E-state index in [1.807, 2.05) is 0 Å². The molecule has 0 aliphatic carbocycles. The number of halogens is 1. The highest BCUT2D eigenvalue weighted by Gasteiger charge is 2.21. The zero-order valence-electron chi connectivity index (χ0n) is 11.1. The molecule has 0 heterocycles. The fraction of sp³-hybridized carbons (Fsp3) is 0.462. The topological polar surface area (TPSA) is 78.8 Å². The standard InChI is InChI=1S/C13H18BrNO4/c1-13(2,3)19-12(18)15-11(7-16)9-5-4-8(17)6-10(9)14/h4-6,11,16-17H,7H2,1-3H3,(H,15,18)/t11-/m0/s1. The van der Waals surface area contributed by atoms with E-state index in [-0.39, 0.29) is 12.4 Å². The van der Waals surface area contributed by atoms with Gasteiger partial charge in [0.1, 0.15) is 11.4 Å². The number of nitrogens with one attached hydrogen (secondary N) is 1. The van der Waals surface area contributed by atoms with Crippen molar-refractivity contribution in [1.29, 1.82) is 0 Å². The first-order valence-corrected chi connectivity index (χ1v) is 6.61. The molecule has 0 saturated heterocycles. The molecule has 0 aromatic heterocycles. The summed E-state index contributed by atoms with van der Waals surface area (Å²) in [6.07, 6.45) is -0.605. The molecule has 0 unspecified atom stereocenters. The first kappa shape index (κ1) is 15.8. The van der Waals surface area contributed by atoms with Gasteiger partial charge in [0.2, 0.25) is 0 Å². The third-order valence-electron chi connectivity index (χ3n) is 2.23. The number of hydrogen-bond acceptors (Lipinski definition) is 4. The van der Waals surface area contributed by atoms with Crippen molar-refractivity contribution in [3.05, 3.63) is 28.2 Å². The summed E-state index contributed by atoms with van der Waals surface area (Å²) in [6, 6.07) is 4.00. The van der Waals surface area contributed by atoms with Crippen molar-refractivity contribution in [2.75, 3.05) is 6.61 Å². The van der Waals surface area contributed by atoms with Crippen LogP contribution < -0.4 is 5.32 Å². The first-order valence-electron chi connectivity index (χ1n) is 5.81. The number of aliphatic hydroxyl groups excluding tert-OH is 1. The Morgan fingerprint density at radius 3 is 2.58 bits per heavy atom. The van der Waals surface area contributed by atoms with Crippen molar-refractivity contribution in [2.24, 2.45) is 0 Å². The summed E-state index contributed by atoms with van der Waals surface area (Å²) >= 11 is 3.28. The number of hydrogen-bond donors (Lipinski definition) is 3. The van der Waals surface area contributed by atoms with Crippen LogP contribution in [0.25, 0.3) is 0 Å². The van der Waals surface area contributed by atoms with E-state index in [1.165, 1.54) is 12.1 Å². The molecule has 0 aliphatic heterocycles. The average molecular weight is 332 g/mol. The Hall–Kier alpha value is -1.27. The van der Waals surface area contributed by atoms with Gasteiger partial charge in [-0.15, -0.1) is 0 Å². The van der Waals surface area contributed by atoms with E-state index in [1.54, 1.807) is 26.8 Å². The van der Waals surface area contributed by atoms with E-state index in [9.17, 15) is 15.0 Å². The Kier molecular flexibility index (Phi) is 5.20. The number of amides is 1. The second kappa shape index (κ2) is 6.25. The molecule has 106 valence electrons. The number of aromatic hydroxyl groups is 1. The second-order valence-electron chi connectivity index (χ2n) is 5.09. The van der Waals surface area contributed by atoms with Crippen molar-refractivity contribution >= 4 is 22.0 Å². The Morgan fingerprint density at radius 1 is 1.47 bits per heavy atom. The molecule has 5 nitrogen and oxygen atoms in total. The Bertz CT molecular complexity index is 456. The highest BCUT2D eigenvalue weighted by molar-refractivity contribution is 9.10. The van der Waals surface area contributed by atoms with Gasteiger partial charge in [-0.3, -0.25) is 0 Å². The van der Waals surface area contributed by atoms with Gasteiger partial charge in [0.25, 0.3) is 0 Å². The zero-order valence-corrected chi connectivity index (χ0v) is 12.7. The lowest BCUT2D eigenvalue weighted by Gasteiger charge is -2.23. The lowest BCUT2D eigenvalue weighted by Crippen LogP contribution is -2.36. The molecule has 3 N–H and O–H groups in total. The monoisotopic (exact) mass is 331 g/mol. The van der Waals surface area contributed by atoms with Gasteiger partial charge < -0.3 is 20.3 Å². The molecule has 0 bridgehead atoms. The number of ether oxygens (including phenoxy) is 1. The number of phenolic OH excluding ortho intramolecular Hbond substituents is 1. The normalized spacial score (nSPS) is 12.9. The lowest BCUT2D eigenvalue weighted by molar-refractivity contribution is 0.0481. The zero-order chi connectivity index (χ0) is 14.6. The molecule has 1 aromatic rings. The van der Waals surface area contributed by atoms with Crippen LogP contribution in [0.5, 0.6) is 5.75 Å². The number of rotatable bonds is 3. The summed E-state index contributed by atoms with van der Waals surface area (Å²) in [5.41, 5.74) is 0.0576. The maximum Gasteiger partial charge on any atom is 0.408 e. The number of alkyl carbamates (subject to hydrolysis) is 1. The summed E-state index contributed by atoms with van der Waals surface area (Å²) in [7, 11) is 0. The molecule has 1 rings (SSSR count). The molecule has 0 radical (unpaired) electrons. The SMILES string of the molecule is CC(C)(C)OC(=O)N[C@@H](CO)c1ccc(O)cc1Br. The van der Waals surface area contributed by atoms with Crippen LogP contribution in [0.15, 0.2) is 22.7 Å². The predicted octanol–water partition coefficient (Wildman–Crippen LogP) is 2.71. The molecule has 0 aliphatic rings. The fourth-order valence-corrected chi connectivity index (χ4v) is 2.11. The van der Waals surface area contributed by atoms with Gasteiger partial charge in [0.05, 0.1) is 12.6 Å². The second-order valence-corrected chi connectivity index (χ2v) is 5.94. The van der Waals surface area contributed by atoms with Crippen LogP contribution in [0.4, 0.5) is 4.79 Å². The van der Waals surface area contributed by atoms with Crippen molar-refractivity contribution < 1.29 is 19.7 Å². The molecule has 0 fully saturated rings. The summed E-state index contributed by atoms with van der Waals surface area (Å²) in [5, 5.41) is 21.3. The number of benzene rings is 1. The van der Waals surface area contributed by atoms with E-state index in [0.717, 1.165) is 0 Å². The predicted molar refractivity (Wildman–Crippen MR) is 75.0 cm³/mol. The van der Waals surface area contributed by atoms with Crippen LogP contribution in [0.2, 0.25) is 0 Å². The smallest absolute Gasteiger partial charge is 0.408 e. The minimum Gasteiger partial charge on any atom is -0.508 e. The Labute approximate surface area is 120 Å². The highest BCUT2D eigenvalue weighted by Crippen LogP contribution is 2.27. The molecular weight excluding hydrogens is 314 g/mol. The van der Waals surface area contributed by atoms with Gasteiger partial charge in [-0.25, -0.2) is 4.79 Å². The first-order chi connectivity index (χ1) is 8.73. The summed E-state index contributed by atoms with van der Waals surface area (Å²) in [5.74, 6) is 0.101. The molecule has 0 saturated carbocycles. The molecular formula is C13H18BrNO4. The molecule has 1 amide bonds. The fourth-order valence-electron chi connectivity index (χ4n) is 1.47. The highest BCUT2D eigenvalue weighted by atomic mass is 79.9. The van der Waals surface area contributed by atoms with E-state index in [4.69, 9.17) is 4.74 Å². The van der Waals surface area contributed by atoms with Crippen molar-refractivity contribution in [2.45, 2.75) is 32.4 Å². The van der Waals surface area contributed by atoms with E-state index in [2.05, 4.69) is 21.2 Å². The minimum atomic E-state index is -0.607. The van der Waals surface area contributed by atoms with E-state index >= 15 is 0 Å². The lowest BCUT2D eigenvalue weighted by atomic mass is 10.1. The van der Waals surface area contributed by atoms with Gasteiger partial charge in [0.15, 0.2) is 0 Å². The van der Waals surface area contributed by atoms with Gasteiger partial charge in [-0.1, -0.05) is 22.0 Å². The molecule has 0 spiro atoms. The molecule has 1 atom stereocenters. The molecule has 19 heavy (non-hydrogen) atoms. The van der Waals surface area contributed by atoms with Gasteiger partial charge >= 0.3 is 6.09 Å². The number of carbonyl (C=O) groups is 1. The van der Waals surface area contributed by atoms with Gasteiger partial charge in [-0.05, 0) is 38.5 Å². The maximum absolute atomic E-state index is 11.7. The van der Waals surface area contributed by atoms with E-state index < -0.39 is 17.7 Å². The third-order valence-corrected chi connectivity index (χ3v) is 2.92. The summed E-state index contributed by atoms with van der Waals surface area (Å²) in [4.78, 5) is 11.7. The summed E-state index contributed by atoms with van der Waals surface area (Å²) < 4.78 is 5.73. The van der Waals surface area contributed by atoms with Crippen LogP contribution in [0, 0.1) is 0 Å². The number of aliphatic hydroxyl groups is 1. The number of carbonyl (C=O) groups excluding carboxylic acids is 1. The van der Waals surface area contributed by atoms with E-state index in [0.29, 0.717) is 10.0 Å². The van der Waals surface area contributed by atoms with Crippen LogP contribution in [0.1, 0.15) is 32.4 Å². The maximum atomic E-state index is 11.7. The van der Waals surface area contributed by atoms with Crippen molar-refractivity contribution in [1.82, 2.24) is 5.32 Å². The summed E-state index contributed by atoms with van der Waals surface area (Å²) in [6.45, 7) is 5.01. The largest absolute Gasteiger partial charge is 0.508 e. The van der Waals surface area contributed by atoms with Crippen LogP contribution in [-0.2, 0) is 4.74 Å². The number of phenols is 1. The van der Waals surface area contributed by atoms with Crippen molar-refractivity contribution in [3.8, 4) is 5.75 Å². The van der Waals surface area contributed by atoms with Crippen LogP contribution in [0.3, 0.4) is 0 Å². The third kappa shape index (κ3) is 5.08. The van der Waals surface area contributed by atoms with Crippen molar-refractivity contribution in [3.63, 3.8) is 0 Å². The Balaban J connectivity index is 2.81. The minimum absolute atomic E-state index is 0.101. The van der Waals surface area contributed by atoms with Crippen LogP contribution in [-0.4, -0.2) is 28.5 Å². The van der Waals surface area contributed by atoms with Gasteiger partial charge in [0, 0.05) is 4.47 Å². The molecule has 1 aromatic carbocycles. The van der Waals surface area contributed by atoms with Crippen LogP contribution >= 0.6 is 15.9 Å². The quantitative estimate of drug-likeness (QED) is 0.795. The molecule has 6 heteroatoms.